The molecule has 0 amide bonds. The molecule has 0 unspecified atom stereocenters. The zero-order chi connectivity index (χ0) is 13.9. The van der Waals surface area contributed by atoms with Crippen LogP contribution in [0.2, 0.25) is 0 Å². The fraction of sp³-hybridized carbons (Fsp3) is 0.353. The molecular weight excluding hydrogens is 246 g/mol. The minimum Gasteiger partial charge on any atom is -0.371 e. The van der Waals surface area contributed by atoms with Crippen LogP contribution >= 0.6 is 0 Å². The molecule has 0 aliphatic carbocycles. The second-order valence-corrected chi connectivity index (χ2v) is 5.52. The van der Waals surface area contributed by atoms with Crippen LogP contribution in [0.1, 0.15) is 30.4 Å². The maximum absolute atomic E-state index is 4.33. The molecule has 0 bridgehead atoms. The zero-order valence-corrected chi connectivity index (χ0v) is 12.0. The lowest BCUT2D eigenvalue weighted by atomic mass is 10.0. The van der Waals surface area contributed by atoms with Crippen LogP contribution in [0.3, 0.4) is 0 Å². The molecule has 1 N–H and O–H groups in total. The predicted octanol–water partition coefficient (Wildman–Crippen LogP) is 3.36. The van der Waals surface area contributed by atoms with Crippen molar-refractivity contribution in [3.63, 3.8) is 0 Å². The highest BCUT2D eigenvalue weighted by molar-refractivity contribution is 6.09. The average Bonchev–Trinajstić information content (AvgIpc) is 2.49. The van der Waals surface area contributed by atoms with Gasteiger partial charge in [0.25, 0.3) is 0 Å². The lowest BCUT2D eigenvalue weighted by molar-refractivity contribution is 0.577. The summed E-state index contributed by atoms with van der Waals surface area (Å²) in [6.07, 6.45) is 7.94. The molecule has 3 nitrogen and oxygen atoms in total. The lowest BCUT2D eigenvalue weighted by Crippen LogP contribution is -2.30. The number of nitrogens with one attached hydrogen (secondary N) is 1. The van der Waals surface area contributed by atoms with Crippen LogP contribution in [0.4, 0.5) is 5.69 Å². The van der Waals surface area contributed by atoms with Gasteiger partial charge in [-0.1, -0.05) is 12.6 Å². The maximum Gasteiger partial charge on any atom is 0.0906 e. The Morgan fingerprint density at radius 1 is 1.15 bits per heavy atom. The SMILES string of the molecule is C=C1C=CC(c2ccc(N3CCCCC3)c(C)c2)=NN1. The fourth-order valence-electron chi connectivity index (χ4n) is 2.85. The largest absolute Gasteiger partial charge is 0.371 e. The third-order valence-electron chi connectivity index (χ3n) is 3.95. The molecule has 0 saturated carbocycles. The second-order valence-electron chi connectivity index (χ2n) is 5.52. The molecule has 2 aliphatic heterocycles. The van der Waals surface area contributed by atoms with Gasteiger partial charge in [0.2, 0.25) is 0 Å². The Kier molecular flexibility index (Phi) is 3.59. The molecule has 2 heterocycles. The van der Waals surface area contributed by atoms with Crippen LogP contribution in [0.25, 0.3) is 0 Å². The molecule has 1 aromatic rings. The summed E-state index contributed by atoms with van der Waals surface area (Å²) < 4.78 is 0. The van der Waals surface area contributed by atoms with Gasteiger partial charge >= 0.3 is 0 Å². The summed E-state index contributed by atoms with van der Waals surface area (Å²) in [7, 11) is 0. The van der Waals surface area contributed by atoms with Gasteiger partial charge in [0.1, 0.15) is 0 Å². The van der Waals surface area contributed by atoms with E-state index in [-0.39, 0.29) is 0 Å². The molecule has 3 heteroatoms. The van der Waals surface area contributed by atoms with E-state index < -0.39 is 0 Å². The Morgan fingerprint density at radius 2 is 1.95 bits per heavy atom. The minimum absolute atomic E-state index is 0.829. The Labute approximate surface area is 120 Å². The lowest BCUT2D eigenvalue weighted by Gasteiger charge is -2.30. The molecule has 20 heavy (non-hydrogen) atoms. The number of piperidine rings is 1. The summed E-state index contributed by atoms with van der Waals surface area (Å²) in [5.41, 5.74) is 8.56. The number of rotatable bonds is 2. The number of anilines is 1. The fourth-order valence-corrected chi connectivity index (χ4v) is 2.85. The van der Waals surface area contributed by atoms with Crippen molar-refractivity contribution in [1.29, 1.82) is 0 Å². The minimum atomic E-state index is 0.829. The van der Waals surface area contributed by atoms with E-state index >= 15 is 0 Å². The first-order chi connectivity index (χ1) is 9.74. The van der Waals surface area contributed by atoms with Crippen LogP contribution in [-0.2, 0) is 0 Å². The normalized spacial score (nSPS) is 18.8. The van der Waals surface area contributed by atoms with Gasteiger partial charge in [0.15, 0.2) is 0 Å². The molecule has 0 aromatic heterocycles. The van der Waals surface area contributed by atoms with Crippen molar-refractivity contribution in [2.24, 2.45) is 5.10 Å². The Bertz CT molecular complexity index is 578. The third kappa shape index (κ3) is 2.62. The van der Waals surface area contributed by atoms with E-state index in [2.05, 4.69) is 47.1 Å². The smallest absolute Gasteiger partial charge is 0.0906 e. The molecule has 0 spiro atoms. The maximum atomic E-state index is 4.33. The predicted molar refractivity (Wildman–Crippen MR) is 85.2 cm³/mol. The van der Waals surface area contributed by atoms with E-state index in [0.717, 1.165) is 17.0 Å². The summed E-state index contributed by atoms with van der Waals surface area (Å²) in [5, 5.41) is 4.33. The van der Waals surface area contributed by atoms with Crippen LogP contribution in [-0.4, -0.2) is 18.8 Å². The standard InChI is InChI=1S/C17H21N3/c1-13-12-15(16-8-6-14(2)18-19-16)7-9-17(13)20-10-4-3-5-11-20/h6-9,12,18H,2-5,10-11H2,1H3. The molecule has 1 fully saturated rings. The summed E-state index contributed by atoms with van der Waals surface area (Å²) in [4.78, 5) is 2.50. The number of hydrogen-bond donors (Lipinski definition) is 1. The Hall–Kier alpha value is -2.03. The average molecular weight is 267 g/mol. The molecule has 3 rings (SSSR count). The van der Waals surface area contributed by atoms with Crippen molar-refractivity contribution in [2.45, 2.75) is 26.2 Å². The van der Waals surface area contributed by atoms with Crippen molar-refractivity contribution in [1.82, 2.24) is 5.43 Å². The van der Waals surface area contributed by atoms with Gasteiger partial charge in [-0.3, -0.25) is 5.43 Å². The van der Waals surface area contributed by atoms with Gasteiger partial charge in [-0.25, -0.2) is 0 Å². The van der Waals surface area contributed by atoms with E-state index in [1.54, 1.807) is 0 Å². The number of nitrogens with zero attached hydrogens (tertiary/aromatic N) is 2. The number of aryl methyl sites for hydroxylation is 1. The highest BCUT2D eigenvalue weighted by atomic mass is 15.3. The number of allylic oxidation sites excluding steroid dienone is 2. The first kappa shape index (κ1) is 13.0. The van der Waals surface area contributed by atoms with Crippen molar-refractivity contribution in [2.75, 3.05) is 18.0 Å². The summed E-state index contributed by atoms with van der Waals surface area (Å²) in [6.45, 7) is 8.38. The van der Waals surface area contributed by atoms with Crippen LogP contribution in [0.5, 0.6) is 0 Å². The van der Waals surface area contributed by atoms with Crippen molar-refractivity contribution >= 4 is 11.4 Å². The van der Waals surface area contributed by atoms with E-state index in [4.69, 9.17) is 0 Å². The highest BCUT2D eigenvalue weighted by Crippen LogP contribution is 2.25. The Morgan fingerprint density at radius 3 is 2.60 bits per heavy atom. The zero-order valence-electron chi connectivity index (χ0n) is 12.0. The van der Waals surface area contributed by atoms with Crippen molar-refractivity contribution in [3.05, 3.63) is 53.8 Å². The topological polar surface area (TPSA) is 27.6 Å². The quantitative estimate of drug-likeness (QED) is 0.889. The van der Waals surface area contributed by atoms with E-state index in [1.807, 2.05) is 12.2 Å². The highest BCUT2D eigenvalue weighted by Gasteiger charge is 2.14. The van der Waals surface area contributed by atoms with E-state index in [9.17, 15) is 0 Å². The van der Waals surface area contributed by atoms with Gasteiger partial charge in [-0.05, 0) is 56.0 Å². The van der Waals surface area contributed by atoms with E-state index in [0.29, 0.717) is 0 Å². The summed E-state index contributed by atoms with van der Waals surface area (Å²) >= 11 is 0. The van der Waals surface area contributed by atoms with Gasteiger partial charge in [0.05, 0.1) is 5.71 Å². The number of hydrazone groups is 1. The van der Waals surface area contributed by atoms with E-state index in [1.165, 1.54) is 43.6 Å². The molecule has 2 aliphatic rings. The first-order valence-electron chi connectivity index (χ1n) is 7.31. The summed E-state index contributed by atoms with van der Waals surface area (Å²) in [5.74, 6) is 0. The first-order valence-corrected chi connectivity index (χ1v) is 7.31. The van der Waals surface area contributed by atoms with Gasteiger partial charge in [-0.15, -0.1) is 0 Å². The number of hydrogen-bond acceptors (Lipinski definition) is 3. The molecule has 104 valence electrons. The van der Waals surface area contributed by atoms with Crippen LogP contribution < -0.4 is 10.3 Å². The molecule has 0 atom stereocenters. The van der Waals surface area contributed by atoms with Crippen molar-refractivity contribution in [3.8, 4) is 0 Å². The van der Waals surface area contributed by atoms with Crippen molar-refractivity contribution < 1.29 is 0 Å². The molecule has 1 aromatic carbocycles. The summed E-state index contributed by atoms with van der Waals surface area (Å²) in [6, 6.07) is 6.62. The van der Waals surface area contributed by atoms with Gasteiger partial charge in [0, 0.05) is 30.0 Å². The van der Waals surface area contributed by atoms with Gasteiger partial charge in [-0.2, -0.15) is 5.10 Å². The molecular formula is C17H21N3. The molecule has 1 saturated heterocycles. The Balaban J connectivity index is 1.84. The van der Waals surface area contributed by atoms with Crippen LogP contribution in [0.15, 0.2) is 47.7 Å². The second kappa shape index (κ2) is 5.53. The van der Waals surface area contributed by atoms with Gasteiger partial charge < -0.3 is 4.90 Å². The number of benzene rings is 1. The third-order valence-corrected chi connectivity index (χ3v) is 3.95. The monoisotopic (exact) mass is 267 g/mol. The molecule has 0 radical (unpaired) electrons. The van der Waals surface area contributed by atoms with Crippen LogP contribution in [0, 0.1) is 6.92 Å².